The van der Waals surface area contributed by atoms with Crippen LogP contribution in [0.5, 0.6) is 11.5 Å². The van der Waals surface area contributed by atoms with Gasteiger partial charge in [0.25, 0.3) is 5.91 Å². The van der Waals surface area contributed by atoms with Crippen LogP contribution in [0.1, 0.15) is 44.5 Å². The van der Waals surface area contributed by atoms with Gasteiger partial charge < -0.3 is 14.8 Å². The highest BCUT2D eigenvalue weighted by Gasteiger charge is 2.11. The second-order valence-corrected chi connectivity index (χ2v) is 7.38. The third kappa shape index (κ3) is 6.85. The van der Waals surface area contributed by atoms with Crippen molar-refractivity contribution in [1.82, 2.24) is 5.32 Å². The lowest BCUT2D eigenvalue weighted by atomic mass is 10.2. The van der Waals surface area contributed by atoms with E-state index in [1.165, 1.54) is 0 Å². The SMILES string of the molecule is CCC(C)Oc1ccc(C(=O)NC(=S)Nc2ccccc2OCC(C)C)cc1. The summed E-state index contributed by atoms with van der Waals surface area (Å²) in [6.07, 6.45) is 1.05. The third-order valence-corrected chi connectivity index (χ3v) is 4.17. The molecule has 1 unspecified atom stereocenters. The molecule has 0 heterocycles. The van der Waals surface area contributed by atoms with Gasteiger partial charge in [0.15, 0.2) is 5.11 Å². The molecule has 0 radical (unpaired) electrons. The van der Waals surface area contributed by atoms with Crippen LogP contribution in [-0.4, -0.2) is 23.7 Å². The zero-order valence-corrected chi connectivity index (χ0v) is 17.6. The van der Waals surface area contributed by atoms with Gasteiger partial charge in [-0.15, -0.1) is 0 Å². The van der Waals surface area contributed by atoms with Gasteiger partial charge in [0, 0.05) is 5.56 Å². The lowest BCUT2D eigenvalue weighted by molar-refractivity contribution is 0.0977. The predicted molar refractivity (Wildman–Crippen MR) is 117 cm³/mol. The van der Waals surface area contributed by atoms with Gasteiger partial charge in [0.1, 0.15) is 11.5 Å². The molecule has 0 fully saturated rings. The van der Waals surface area contributed by atoms with E-state index in [0.29, 0.717) is 29.5 Å². The minimum atomic E-state index is -0.284. The van der Waals surface area contributed by atoms with Crippen molar-refractivity contribution >= 4 is 28.9 Å². The number of benzene rings is 2. The van der Waals surface area contributed by atoms with Crippen LogP contribution >= 0.6 is 12.2 Å². The van der Waals surface area contributed by atoms with E-state index in [0.717, 1.165) is 12.2 Å². The topological polar surface area (TPSA) is 59.6 Å². The highest BCUT2D eigenvalue weighted by atomic mass is 32.1. The van der Waals surface area contributed by atoms with Crippen molar-refractivity contribution in [3.8, 4) is 11.5 Å². The molecule has 2 aromatic rings. The molecule has 0 saturated heterocycles. The monoisotopic (exact) mass is 400 g/mol. The highest BCUT2D eigenvalue weighted by Crippen LogP contribution is 2.24. The second kappa shape index (κ2) is 10.7. The molecule has 6 heteroatoms. The van der Waals surface area contributed by atoms with Gasteiger partial charge >= 0.3 is 0 Å². The molecule has 5 nitrogen and oxygen atoms in total. The van der Waals surface area contributed by atoms with Gasteiger partial charge in [-0.1, -0.05) is 32.9 Å². The van der Waals surface area contributed by atoms with Crippen molar-refractivity contribution in [3.05, 3.63) is 54.1 Å². The smallest absolute Gasteiger partial charge is 0.257 e. The quantitative estimate of drug-likeness (QED) is 0.609. The summed E-state index contributed by atoms with van der Waals surface area (Å²) in [6.45, 7) is 8.84. The first-order chi connectivity index (χ1) is 13.4. The predicted octanol–water partition coefficient (Wildman–Crippen LogP) is 5.03. The van der Waals surface area contributed by atoms with Gasteiger partial charge in [0.05, 0.1) is 18.4 Å². The Kier molecular flexibility index (Phi) is 8.26. The molecule has 0 saturated carbocycles. The van der Waals surface area contributed by atoms with Crippen LogP contribution in [0.15, 0.2) is 48.5 Å². The summed E-state index contributed by atoms with van der Waals surface area (Å²) >= 11 is 5.28. The van der Waals surface area contributed by atoms with Crippen LogP contribution in [0.4, 0.5) is 5.69 Å². The highest BCUT2D eigenvalue weighted by molar-refractivity contribution is 7.80. The molecule has 0 spiro atoms. The molecule has 0 aromatic heterocycles. The van der Waals surface area contributed by atoms with E-state index in [9.17, 15) is 4.79 Å². The number of nitrogens with one attached hydrogen (secondary N) is 2. The second-order valence-electron chi connectivity index (χ2n) is 6.97. The van der Waals surface area contributed by atoms with E-state index in [2.05, 4.69) is 31.4 Å². The number of carbonyl (C=O) groups is 1. The lowest BCUT2D eigenvalue weighted by Crippen LogP contribution is -2.34. The van der Waals surface area contributed by atoms with Gasteiger partial charge in [-0.25, -0.2) is 0 Å². The molecule has 150 valence electrons. The number of thiocarbonyl (C=S) groups is 1. The summed E-state index contributed by atoms with van der Waals surface area (Å²) in [4.78, 5) is 12.4. The van der Waals surface area contributed by atoms with Crippen LogP contribution in [0.2, 0.25) is 0 Å². The number of rotatable bonds is 8. The molecular formula is C22H28N2O3S. The van der Waals surface area contributed by atoms with E-state index in [-0.39, 0.29) is 17.1 Å². The fourth-order valence-corrected chi connectivity index (χ4v) is 2.48. The Morgan fingerprint density at radius 3 is 2.39 bits per heavy atom. The standard InChI is InChI=1S/C22H28N2O3S/c1-5-16(4)27-18-12-10-17(11-13-18)21(25)24-22(28)23-19-8-6-7-9-20(19)26-14-15(2)3/h6-13,15-16H,5,14H2,1-4H3,(H2,23,24,25,28). The maximum Gasteiger partial charge on any atom is 0.257 e. The Labute approximate surface area is 172 Å². The molecular weight excluding hydrogens is 372 g/mol. The van der Waals surface area contributed by atoms with Crippen molar-refractivity contribution in [2.24, 2.45) is 5.92 Å². The molecule has 28 heavy (non-hydrogen) atoms. The number of para-hydroxylation sites is 2. The van der Waals surface area contributed by atoms with Crippen molar-refractivity contribution < 1.29 is 14.3 Å². The van der Waals surface area contributed by atoms with Crippen LogP contribution in [0, 0.1) is 5.92 Å². The summed E-state index contributed by atoms with van der Waals surface area (Å²) in [7, 11) is 0. The Morgan fingerprint density at radius 1 is 1.07 bits per heavy atom. The third-order valence-electron chi connectivity index (χ3n) is 3.96. The summed E-state index contributed by atoms with van der Waals surface area (Å²) in [5.41, 5.74) is 1.22. The van der Waals surface area contributed by atoms with Gasteiger partial charge in [-0.2, -0.15) is 0 Å². The average Bonchev–Trinajstić information content (AvgIpc) is 2.67. The van der Waals surface area contributed by atoms with Crippen LogP contribution < -0.4 is 20.1 Å². The normalized spacial score (nSPS) is 11.6. The average molecular weight is 401 g/mol. The first kappa shape index (κ1) is 21.7. The van der Waals surface area contributed by atoms with Crippen LogP contribution in [0.3, 0.4) is 0 Å². The zero-order chi connectivity index (χ0) is 20.5. The first-order valence-electron chi connectivity index (χ1n) is 9.50. The van der Waals surface area contributed by atoms with Crippen molar-refractivity contribution in [1.29, 1.82) is 0 Å². The molecule has 0 aliphatic carbocycles. The summed E-state index contributed by atoms with van der Waals surface area (Å²) < 4.78 is 11.5. The number of ether oxygens (including phenoxy) is 2. The van der Waals surface area contributed by atoms with Crippen molar-refractivity contribution in [2.45, 2.75) is 40.2 Å². The van der Waals surface area contributed by atoms with Crippen molar-refractivity contribution in [2.75, 3.05) is 11.9 Å². The fraction of sp³-hybridized carbons (Fsp3) is 0.364. The molecule has 2 rings (SSSR count). The van der Waals surface area contributed by atoms with Gasteiger partial charge in [-0.3, -0.25) is 10.1 Å². The van der Waals surface area contributed by atoms with E-state index in [1.54, 1.807) is 24.3 Å². The Balaban J connectivity index is 1.95. The number of carbonyl (C=O) groups excluding carboxylic acids is 1. The van der Waals surface area contributed by atoms with E-state index in [4.69, 9.17) is 21.7 Å². The first-order valence-corrected chi connectivity index (χ1v) is 9.90. The molecule has 0 aliphatic rings. The largest absolute Gasteiger partial charge is 0.491 e. The minimum Gasteiger partial charge on any atom is -0.491 e. The van der Waals surface area contributed by atoms with Crippen molar-refractivity contribution in [3.63, 3.8) is 0 Å². The van der Waals surface area contributed by atoms with E-state index < -0.39 is 0 Å². The Hall–Kier alpha value is -2.60. The summed E-state index contributed by atoms with van der Waals surface area (Å²) in [5, 5.41) is 5.94. The number of hydrogen-bond donors (Lipinski definition) is 2. The number of hydrogen-bond acceptors (Lipinski definition) is 4. The van der Waals surface area contributed by atoms with E-state index in [1.807, 2.05) is 31.2 Å². The van der Waals surface area contributed by atoms with Gasteiger partial charge in [0.2, 0.25) is 0 Å². The fourth-order valence-electron chi connectivity index (χ4n) is 2.28. The minimum absolute atomic E-state index is 0.134. The van der Waals surface area contributed by atoms with Gasteiger partial charge in [-0.05, 0) is 67.9 Å². The molecule has 2 N–H and O–H groups in total. The maximum absolute atomic E-state index is 12.4. The zero-order valence-electron chi connectivity index (χ0n) is 16.8. The number of amides is 1. The molecule has 0 aliphatic heterocycles. The number of anilines is 1. The maximum atomic E-state index is 12.4. The van der Waals surface area contributed by atoms with E-state index >= 15 is 0 Å². The summed E-state index contributed by atoms with van der Waals surface area (Å²) in [6, 6.07) is 14.5. The molecule has 2 aromatic carbocycles. The molecule has 1 atom stereocenters. The Bertz CT molecular complexity index is 791. The lowest BCUT2D eigenvalue weighted by Gasteiger charge is -2.15. The van der Waals surface area contributed by atoms with Crippen LogP contribution in [-0.2, 0) is 0 Å². The van der Waals surface area contributed by atoms with Crippen LogP contribution in [0.25, 0.3) is 0 Å². The summed E-state index contributed by atoms with van der Waals surface area (Å²) in [5.74, 6) is 1.56. The Morgan fingerprint density at radius 2 is 1.75 bits per heavy atom. The molecule has 0 bridgehead atoms. The molecule has 1 amide bonds.